The first kappa shape index (κ1) is 14.0. The number of nitrogens with one attached hydrogen (secondary N) is 1. The van der Waals surface area contributed by atoms with Crippen molar-refractivity contribution in [1.29, 1.82) is 0 Å². The number of benzene rings is 2. The summed E-state index contributed by atoms with van der Waals surface area (Å²) in [5.41, 5.74) is 1.81. The highest BCUT2D eigenvalue weighted by Gasteiger charge is 2.16. The molecular formula is C15H11FIN3O. The van der Waals surface area contributed by atoms with E-state index >= 15 is 0 Å². The maximum absolute atomic E-state index is 13.1. The number of amides is 1. The number of anilines is 1. The first-order valence-corrected chi connectivity index (χ1v) is 7.32. The summed E-state index contributed by atoms with van der Waals surface area (Å²) in [6.07, 6.45) is 0. The summed E-state index contributed by atoms with van der Waals surface area (Å²) < 4.78 is 15.4. The number of carbonyl (C=O) groups excluding carboxylic acids is 1. The van der Waals surface area contributed by atoms with Gasteiger partial charge in [-0.25, -0.2) is 4.39 Å². The van der Waals surface area contributed by atoms with Gasteiger partial charge < -0.3 is 5.32 Å². The number of carbonyl (C=O) groups is 1. The predicted octanol–water partition coefficient (Wildman–Crippen LogP) is 3.57. The molecule has 0 aliphatic heterocycles. The van der Waals surface area contributed by atoms with Crippen LogP contribution < -0.4 is 5.32 Å². The minimum Gasteiger partial charge on any atom is -0.320 e. The predicted molar refractivity (Wildman–Crippen MR) is 87.8 cm³/mol. The van der Waals surface area contributed by atoms with Gasteiger partial charge in [-0.2, -0.15) is 5.10 Å². The zero-order valence-electron chi connectivity index (χ0n) is 11.1. The average Bonchev–Trinajstić information content (AvgIpc) is 2.80. The molecular weight excluding hydrogens is 384 g/mol. The Hall–Kier alpha value is -1.96. The molecule has 0 aliphatic carbocycles. The second-order valence-electron chi connectivity index (χ2n) is 4.57. The second kappa shape index (κ2) is 5.44. The molecule has 0 atom stereocenters. The van der Waals surface area contributed by atoms with Crippen LogP contribution in [-0.2, 0) is 7.05 Å². The van der Waals surface area contributed by atoms with Gasteiger partial charge in [-0.05, 0) is 46.9 Å². The summed E-state index contributed by atoms with van der Waals surface area (Å²) in [5.74, 6) is -0.642. The minimum absolute atomic E-state index is 0.309. The Morgan fingerprint density at radius 3 is 2.81 bits per heavy atom. The van der Waals surface area contributed by atoms with Crippen molar-refractivity contribution in [2.75, 3.05) is 5.32 Å². The Bertz CT molecular complexity index is 844. The van der Waals surface area contributed by atoms with Gasteiger partial charge in [0.05, 0.1) is 11.2 Å². The third-order valence-electron chi connectivity index (χ3n) is 3.15. The van der Waals surface area contributed by atoms with Gasteiger partial charge >= 0.3 is 0 Å². The fraction of sp³-hybridized carbons (Fsp3) is 0.0667. The number of hydrogen-bond acceptors (Lipinski definition) is 2. The van der Waals surface area contributed by atoms with E-state index in [2.05, 4.69) is 10.4 Å². The Morgan fingerprint density at radius 1 is 1.29 bits per heavy atom. The fourth-order valence-corrected chi connectivity index (χ4v) is 2.77. The van der Waals surface area contributed by atoms with E-state index in [9.17, 15) is 9.18 Å². The molecule has 0 saturated carbocycles. The van der Waals surface area contributed by atoms with E-state index in [4.69, 9.17) is 0 Å². The molecule has 1 amide bonds. The Kier molecular flexibility index (Phi) is 3.62. The van der Waals surface area contributed by atoms with Gasteiger partial charge in [-0.3, -0.25) is 9.48 Å². The number of halogens is 2. The van der Waals surface area contributed by atoms with Crippen LogP contribution in [0, 0.1) is 9.39 Å². The van der Waals surface area contributed by atoms with Crippen LogP contribution in [0.15, 0.2) is 42.5 Å². The summed E-state index contributed by atoms with van der Waals surface area (Å²) in [4.78, 5) is 12.4. The summed E-state index contributed by atoms with van der Waals surface area (Å²) in [7, 11) is 1.79. The first-order chi connectivity index (χ1) is 10.1. The van der Waals surface area contributed by atoms with E-state index in [-0.39, 0.29) is 11.7 Å². The molecule has 4 nitrogen and oxygen atoms in total. The van der Waals surface area contributed by atoms with Crippen molar-refractivity contribution in [3.8, 4) is 0 Å². The zero-order chi connectivity index (χ0) is 15.0. The lowest BCUT2D eigenvalue weighted by Gasteiger charge is -2.06. The summed E-state index contributed by atoms with van der Waals surface area (Å²) >= 11 is 1.98. The zero-order valence-corrected chi connectivity index (χ0v) is 13.3. The number of aryl methyl sites for hydroxylation is 1. The van der Waals surface area contributed by atoms with E-state index in [1.807, 2.05) is 46.9 Å². The molecule has 1 aromatic heterocycles. The van der Waals surface area contributed by atoms with Gasteiger partial charge in [0.1, 0.15) is 5.82 Å². The first-order valence-electron chi connectivity index (χ1n) is 6.24. The number of fused-ring (bicyclic) bond motifs is 1. The maximum atomic E-state index is 13.1. The molecule has 3 aromatic rings. The van der Waals surface area contributed by atoms with E-state index < -0.39 is 0 Å². The molecule has 1 N–H and O–H groups in total. The van der Waals surface area contributed by atoms with Gasteiger partial charge in [0, 0.05) is 16.0 Å². The summed E-state index contributed by atoms with van der Waals surface area (Å²) in [6.45, 7) is 0. The lowest BCUT2D eigenvalue weighted by Crippen LogP contribution is -2.14. The van der Waals surface area contributed by atoms with Crippen LogP contribution in [0.3, 0.4) is 0 Å². The fourth-order valence-electron chi connectivity index (χ4n) is 2.15. The van der Waals surface area contributed by atoms with Gasteiger partial charge in [-0.15, -0.1) is 0 Å². The number of rotatable bonds is 2. The molecule has 106 valence electrons. The van der Waals surface area contributed by atoms with Crippen LogP contribution in [0.1, 0.15) is 10.5 Å². The molecule has 0 saturated heterocycles. The SMILES string of the molecule is Cn1nc(C(=O)Nc2ccc(F)cc2I)c2ccccc21. The van der Waals surface area contributed by atoms with Crippen molar-refractivity contribution in [2.24, 2.45) is 7.05 Å². The molecule has 0 bridgehead atoms. The second-order valence-corrected chi connectivity index (χ2v) is 5.73. The van der Waals surface area contributed by atoms with Crippen LogP contribution in [0.5, 0.6) is 0 Å². The summed E-state index contributed by atoms with van der Waals surface area (Å²) in [6, 6.07) is 11.7. The summed E-state index contributed by atoms with van der Waals surface area (Å²) in [5, 5.41) is 7.82. The van der Waals surface area contributed by atoms with Crippen LogP contribution >= 0.6 is 22.6 Å². The molecule has 3 rings (SSSR count). The monoisotopic (exact) mass is 395 g/mol. The van der Waals surface area contributed by atoms with Crippen molar-refractivity contribution in [3.05, 3.63) is 57.5 Å². The van der Waals surface area contributed by atoms with Crippen molar-refractivity contribution in [3.63, 3.8) is 0 Å². The highest BCUT2D eigenvalue weighted by atomic mass is 127. The topological polar surface area (TPSA) is 46.9 Å². The highest BCUT2D eigenvalue weighted by Crippen LogP contribution is 2.22. The standard InChI is InChI=1S/C15H11FIN3O/c1-20-13-5-3-2-4-10(13)14(19-20)15(21)18-12-7-6-9(16)8-11(12)17/h2-8H,1H3,(H,18,21). The third kappa shape index (κ3) is 2.63. The van der Waals surface area contributed by atoms with E-state index in [0.717, 1.165) is 10.9 Å². The minimum atomic E-state index is -0.333. The molecule has 0 aliphatic rings. The Balaban J connectivity index is 1.98. The van der Waals surface area contributed by atoms with Crippen LogP contribution in [-0.4, -0.2) is 15.7 Å². The van der Waals surface area contributed by atoms with Gasteiger partial charge in [0.25, 0.3) is 5.91 Å². The smallest absolute Gasteiger partial charge is 0.276 e. The molecule has 6 heteroatoms. The van der Waals surface area contributed by atoms with Crippen molar-refractivity contribution in [1.82, 2.24) is 9.78 Å². The Labute approximate surface area is 134 Å². The van der Waals surface area contributed by atoms with Crippen molar-refractivity contribution in [2.45, 2.75) is 0 Å². The highest BCUT2D eigenvalue weighted by molar-refractivity contribution is 14.1. The Morgan fingerprint density at radius 2 is 2.05 bits per heavy atom. The molecule has 2 aromatic carbocycles. The van der Waals surface area contributed by atoms with Crippen LogP contribution in [0.4, 0.5) is 10.1 Å². The largest absolute Gasteiger partial charge is 0.320 e. The average molecular weight is 395 g/mol. The van der Waals surface area contributed by atoms with Gasteiger partial charge in [0.15, 0.2) is 5.69 Å². The number of hydrogen-bond donors (Lipinski definition) is 1. The van der Waals surface area contributed by atoms with Crippen LogP contribution in [0.2, 0.25) is 0 Å². The van der Waals surface area contributed by atoms with Crippen molar-refractivity contribution >= 4 is 45.1 Å². The third-order valence-corrected chi connectivity index (χ3v) is 4.04. The van der Waals surface area contributed by atoms with Crippen LogP contribution in [0.25, 0.3) is 10.9 Å². The van der Waals surface area contributed by atoms with E-state index in [1.165, 1.54) is 12.1 Å². The molecule has 1 heterocycles. The normalized spacial score (nSPS) is 10.8. The quantitative estimate of drug-likeness (QED) is 0.675. The maximum Gasteiger partial charge on any atom is 0.276 e. The molecule has 0 spiro atoms. The van der Waals surface area contributed by atoms with Gasteiger partial charge in [0.2, 0.25) is 0 Å². The molecule has 0 fully saturated rings. The lowest BCUT2D eigenvalue weighted by molar-refractivity contribution is 0.102. The number of para-hydroxylation sites is 1. The molecule has 0 unspecified atom stereocenters. The molecule has 21 heavy (non-hydrogen) atoms. The number of aromatic nitrogens is 2. The lowest BCUT2D eigenvalue weighted by atomic mass is 10.2. The van der Waals surface area contributed by atoms with E-state index in [0.29, 0.717) is 15.0 Å². The van der Waals surface area contributed by atoms with Crippen molar-refractivity contribution < 1.29 is 9.18 Å². The number of nitrogens with zero attached hydrogens (tertiary/aromatic N) is 2. The van der Waals surface area contributed by atoms with E-state index in [1.54, 1.807) is 17.8 Å². The molecule has 0 radical (unpaired) electrons. The van der Waals surface area contributed by atoms with Gasteiger partial charge in [-0.1, -0.05) is 18.2 Å².